The van der Waals surface area contributed by atoms with Crippen LogP contribution in [0, 0.1) is 5.41 Å². The molecule has 1 unspecified atom stereocenters. The molecule has 1 N–H and O–H groups in total. The van der Waals surface area contributed by atoms with E-state index in [1.807, 2.05) is 41.3 Å². The van der Waals surface area contributed by atoms with Crippen LogP contribution >= 0.6 is 11.6 Å². The highest BCUT2D eigenvalue weighted by Gasteiger charge is 2.42. The van der Waals surface area contributed by atoms with Crippen LogP contribution in [0.4, 0.5) is 5.69 Å². The van der Waals surface area contributed by atoms with Crippen molar-refractivity contribution in [3.8, 4) is 0 Å². The third-order valence-corrected chi connectivity index (χ3v) is 8.24. The summed E-state index contributed by atoms with van der Waals surface area (Å²) in [4.78, 5) is 14.1. The Morgan fingerprint density at radius 2 is 1.51 bits per heavy atom. The normalized spacial score (nSPS) is 14.7. The molecule has 0 radical (unpaired) electrons. The van der Waals surface area contributed by atoms with Gasteiger partial charge in [-0.2, -0.15) is 8.42 Å². The Bertz CT molecular complexity index is 1420. The first kappa shape index (κ1) is 30.5. The second-order valence-corrected chi connectivity index (χ2v) is 12.6. The maximum absolute atomic E-state index is 12.3. The zero-order valence-corrected chi connectivity index (χ0v) is 25.1. The van der Waals surface area contributed by atoms with Gasteiger partial charge in [-0.05, 0) is 73.1 Å². The van der Waals surface area contributed by atoms with Crippen LogP contribution in [0.15, 0.2) is 72.8 Å². The molecule has 0 fully saturated rings. The fourth-order valence-electron chi connectivity index (χ4n) is 4.64. The minimum Gasteiger partial charge on any atom is -0.481 e. The van der Waals surface area contributed by atoms with E-state index in [4.69, 9.17) is 11.6 Å². The summed E-state index contributed by atoms with van der Waals surface area (Å²) in [6, 6.07) is 23.2. The molecule has 0 amide bonds. The van der Waals surface area contributed by atoms with Gasteiger partial charge in [0.05, 0.1) is 11.5 Å². The number of rotatable bonds is 7. The van der Waals surface area contributed by atoms with Gasteiger partial charge in [-0.1, -0.05) is 87.8 Å². The smallest absolute Gasteiger partial charge is 0.309 e. The topological polar surface area (TPSA) is 74.7 Å². The van der Waals surface area contributed by atoms with Crippen molar-refractivity contribution in [3.05, 3.63) is 100 Å². The van der Waals surface area contributed by atoms with Crippen molar-refractivity contribution in [1.82, 2.24) is 0 Å². The molecule has 7 heteroatoms. The summed E-state index contributed by atoms with van der Waals surface area (Å²) in [6.07, 6.45) is 0.172. The van der Waals surface area contributed by atoms with Crippen molar-refractivity contribution in [1.29, 1.82) is 0 Å². The van der Waals surface area contributed by atoms with Gasteiger partial charge in [-0.25, -0.2) is 0 Å². The van der Waals surface area contributed by atoms with E-state index in [0.29, 0.717) is 23.0 Å². The molecule has 3 aromatic carbocycles. The van der Waals surface area contributed by atoms with E-state index in [-0.39, 0.29) is 17.2 Å². The predicted octanol–water partition coefficient (Wildman–Crippen LogP) is 7.56. The number of nitrogens with zero attached hydrogens (tertiary/aromatic N) is 1. The fraction of sp³-hybridized carbons (Fsp3) is 0.375. The van der Waals surface area contributed by atoms with Crippen LogP contribution < -0.4 is 4.90 Å². The summed E-state index contributed by atoms with van der Waals surface area (Å²) in [7, 11) is -2.47. The highest BCUT2D eigenvalue weighted by molar-refractivity contribution is 7.73. The number of carboxylic acids is 1. The monoisotopic (exact) mass is 567 g/mol. The van der Waals surface area contributed by atoms with E-state index in [2.05, 4.69) is 52.0 Å². The Labute approximate surface area is 239 Å². The highest BCUT2D eigenvalue weighted by atomic mass is 35.5. The highest BCUT2D eigenvalue weighted by Crippen LogP contribution is 2.40. The molecule has 0 aliphatic carbocycles. The predicted molar refractivity (Wildman–Crippen MR) is 162 cm³/mol. The van der Waals surface area contributed by atoms with Crippen molar-refractivity contribution in [2.24, 2.45) is 5.41 Å². The van der Waals surface area contributed by atoms with Crippen molar-refractivity contribution >= 4 is 38.4 Å². The maximum Gasteiger partial charge on any atom is 0.309 e. The van der Waals surface area contributed by atoms with Crippen LogP contribution in [0.3, 0.4) is 0 Å². The minimum absolute atomic E-state index is 0.172. The number of hydrogen-bond donors (Lipinski definition) is 1. The van der Waals surface area contributed by atoms with Gasteiger partial charge in [0.25, 0.3) is 0 Å². The molecule has 0 saturated carbocycles. The van der Waals surface area contributed by atoms with Gasteiger partial charge in [0.15, 0.2) is 0 Å². The summed E-state index contributed by atoms with van der Waals surface area (Å²) < 4.78 is 24.7. The number of carboxylic acid groups (broad SMARTS) is 1. The van der Waals surface area contributed by atoms with Gasteiger partial charge in [0, 0.05) is 22.8 Å². The van der Waals surface area contributed by atoms with Gasteiger partial charge in [0.1, 0.15) is 4.86 Å². The summed E-state index contributed by atoms with van der Waals surface area (Å²) in [5.74, 6) is -0.0501. The third kappa shape index (κ3) is 7.52. The SMILES string of the molecule is CC(C)c1ccc2c(c1)C(=S(=O)=O)C(CC(C)(C)C(=O)O)N2Cc1ccc(Cl)cc1.CC(C)c1ccccc1. The lowest BCUT2D eigenvalue weighted by atomic mass is 9.84. The molecular weight excluding hydrogens is 530 g/mol. The van der Waals surface area contributed by atoms with Gasteiger partial charge in [-0.15, -0.1) is 0 Å². The molecule has 0 spiro atoms. The lowest BCUT2D eigenvalue weighted by Crippen LogP contribution is -2.41. The molecular formula is C32H38ClNO4S. The van der Waals surface area contributed by atoms with Crippen LogP contribution in [0.25, 0.3) is 0 Å². The van der Waals surface area contributed by atoms with Crippen LogP contribution in [-0.2, 0) is 21.6 Å². The number of anilines is 1. The lowest BCUT2D eigenvalue weighted by molar-refractivity contribution is -0.147. The first-order valence-electron chi connectivity index (χ1n) is 13.2. The third-order valence-electron chi connectivity index (χ3n) is 7.14. The average Bonchev–Trinajstić information content (AvgIpc) is 3.17. The quantitative estimate of drug-likeness (QED) is 0.298. The van der Waals surface area contributed by atoms with Crippen LogP contribution in [0.5, 0.6) is 0 Å². The number of hydrogen-bond acceptors (Lipinski definition) is 4. The zero-order valence-electron chi connectivity index (χ0n) is 23.5. The molecule has 1 aliphatic heterocycles. The molecule has 5 nitrogen and oxygen atoms in total. The Balaban J connectivity index is 0.000000395. The molecule has 39 heavy (non-hydrogen) atoms. The van der Waals surface area contributed by atoms with Crippen molar-refractivity contribution in [2.45, 2.75) is 72.4 Å². The molecule has 4 rings (SSSR count). The molecule has 1 heterocycles. The Morgan fingerprint density at radius 1 is 0.923 bits per heavy atom. The number of carbonyl (C=O) groups is 1. The number of fused-ring (bicyclic) bond motifs is 1. The van der Waals surface area contributed by atoms with Gasteiger partial charge < -0.3 is 10.0 Å². The maximum atomic E-state index is 12.3. The second-order valence-electron chi connectivity index (χ2n) is 11.3. The van der Waals surface area contributed by atoms with Crippen LogP contribution in [0.2, 0.25) is 5.02 Å². The van der Waals surface area contributed by atoms with Gasteiger partial charge in [0.2, 0.25) is 10.3 Å². The van der Waals surface area contributed by atoms with E-state index in [0.717, 1.165) is 16.8 Å². The average molecular weight is 568 g/mol. The molecule has 0 saturated heterocycles. The fourth-order valence-corrected chi connectivity index (χ4v) is 5.55. The standard InChI is InChI=1S/C23H26ClNO4S.C9H12/c1-14(2)16-7-10-19-18(11-16)21(30(28)29)20(12-23(3,4)22(26)27)25(19)13-15-5-8-17(24)9-6-15;1-8(2)9-6-4-3-5-7-9/h5-11,14,20H,12-13H2,1-4H3,(H,26,27);3-8H,1-2H3. The molecule has 0 aromatic heterocycles. The van der Waals surface area contributed by atoms with Gasteiger partial charge >= 0.3 is 5.97 Å². The van der Waals surface area contributed by atoms with Crippen molar-refractivity contribution in [3.63, 3.8) is 0 Å². The Kier molecular flexibility index (Phi) is 10.0. The van der Waals surface area contributed by atoms with Crippen LogP contribution in [-0.4, -0.2) is 30.4 Å². The molecule has 3 aromatic rings. The second kappa shape index (κ2) is 12.8. The minimum atomic E-state index is -2.47. The Morgan fingerprint density at radius 3 is 2.00 bits per heavy atom. The lowest BCUT2D eigenvalue weighted by Gasteiger charge is -2.32. The van der Waals surface area contributed by atoms with E-state index in [9.17, 15) is 18.3 Å². The van der Waals surface area contributed by atoms with E-state index >= 15 is 0 Å². The van der Waals surface area contributed by atoms with Crippen LogP contribution in [0.1, 0.15) is 82.1 Å². The molecule has 1 atom stereocenters. The zero-order chi connectivity index (χ0) is 28.9. The van der Waals surface area contributed by atoms with Crippen molar-refractivity contribution in [2.75, 3.05) is 4.90 Å². The summed E-state index contributed by atoms with van der Waals surface area (Å²) >= 11 is 6.01. The Hall–Kier alpha value is -3.09. The first-order chi connectivity index (χ1) is 18.3. The summed E-state index contributed by atoms with van der Waals surface area (Å²) in [5, 5.41) is 10.3. The van der Waals surface area contributed by atoms with E-state index in [1.165, 1.54) is 5.56 Å². The van der Waals surface area contributed by atoms with Gasteiger partial charge in [-0.3, -0.25) is 4.79 Å². The van der Waals surface area contributed by atoms with Crippen molar-refractivity contribution < 1.29 is 18.3 Å². The first-order valence-corrected chi connectivity index (χ1v) is 14.7. The molecule has 208 valence electrons. The largest absolute Gasteiger partial charge is 0.481 e. The van der Waals surface area contributed by atoms with E-state index in [1.54, 1.807) is 26.0 Å². The molecule has 1 aliphatic rings. The number of aliphatic carboxylic acids is 1. The summed E-state index contributed by atoms with van der Waals surface area (Å²) in [6.45, 7) is 12.2. The number of halogens is 1. The van der Waals surface area contributed by atoms with E-state index < -0.39 is 27.7 Å². The number of benzene rings is 3. The summed E-state index contributed by atoms with van der Waals surface area (Å²) in [5.41, 5.74) is 3.80. The molecule has 0 bridgehead atoms.